The number of benzene rings is 1. The molecule has 0 spiro atoms. The Kier molecular flexibility index (Phi) is 10.3. The first kappa shape index (κ1) is 27.0. The normalized spacial score (nSPS) is 29.5. The third kappa shape index (κ3) is 6.17. The van der Waals surface area contributed by atoms with E-state index >= 15 is 0 Å². The van der Waals surface area contributed by atoms with Gasteiger partial charge in [-0.3, -0.25) is 4.99 Å². The van der Waals surface area contributed by atoms with Crippen LogP contribution in [-0.4, -0.2) is 54.6 Å². The van der Waals surface area contributed by atoms with E-state index in [1.54, 1.807) is 12.1 Å². The molecule has 1 aromatic carbocycles. The number of ether oxygens (including phenoxy) is 1. The van der Waals surface area contributed by atoms with Crippen molar-refractivity contribution in [2.24, 2.45) is 16.8 Å². The third-order valence-electron chi connectivity index (χ3n) is 6.86. The van der Waals surface area contributed by atoms with Crippen molar-refractivity contribution in [3.05, 3.63) is 35.9 Å². The highest BCUT2D eigenvalue weighted by atomic mass is 31.2. The molecular weight excluding hydrogens is 449 g/mol. The average molecular weight is 489 g/mol. The molecule has 0 N–H and O–H groups in total. The van der Waals surface area contributed by atoms with Crippen molar-refractivity contribution >= 4 is 14.4 Å². The van der Waals surface area contributed by atoms with Crippen molar-refractivity contribution in [3.63, 3.8) is 0 Å². The predicted molar refractivity (Wildman–Crippen MR) is 133 cm³/mol. The van der Waals surface area contributed by atoms with Crippen LogP contribution in [0, 0.1) is 23.2 Å². The van der Waals surface area contributed by atoms with Gasteiger partial charge in [0.1, 0.15) is 6.10 Å². The van der Waals surface area contributed by atoms with E-state index in [1.807, 2.05) is 18.2 Å². The van der Waals surface area contributed by atoms with E-state index in [0.29, 0.717) is 31.1 Å². The molecule has 6 atom stereocenters. The highest BCUT2D eigenvalue weighted by Gasteiger charge is 2.63. The van der Waals surface area contributed by atoms with Crippen molar-refractivity contribution in [2.75, 3.05) is 26.2 Å². The Morgan fingerprint density at radius 2 is 1.97 bits per heavy atom. The molecule has 0 aromatic heterocycles. The minimum atomic E-state index is -1.30. The number of hydrogen-bond donors (Lipinski definition) is 0. The van der Waals surface area contributed by atoms with E-state index in [4.69, 9.17) is 19.0 Å². The van der Waals surface area contributed by atoms with Crippen LogP contribution in [0.1, 0.15) is 65.4 Å². The molecule has 2 bridgehead atoms. The van der Waals surface area contributed by atoms with Crippen LogP contribution >= 0.6 is 8.53 Å². The van der Waals surface area contributed by atoms with Gasteiger partial charge >= 0.3 is 0 Å². The van der Waals surface area contributed by atoms with Crippen LogP contribution in [0.25, 0.3) is 0 Å². The summed E-state index contributed by atoms with van der Waals surface area (Å²) in [5, 5.41) is 21.6. The summed E-state index contributed by atoms with van der Waals surface area (Å²) in [6.45, 7) is 11.2. The van der Waals surface area contributed by atoms with Crippen molar-refractivity contribution in [1.82, 2.24) is 4.67 Å². The predicted octanol–water partition coefficient (Wildman–Crippen LogP) is 4.66. The van der Waals surface area contributed by atoms with Gasteiger partial charge in [0.2, 0.25) is 0 Å². The van der Waals surface area contributed by atoms with E-state index in [1.165, 1.54) is 0 Å². The Labute approximate surface area is 206 Å². The molecule has 1 saturated carbocycles. The fourth-order valence-electron chi connectivity index (χ4n) is 5.34. The summed E-state index contributed by atoms with van der Waals surface area (Å²) in [6.07, 6.45) is 3.87. The third-order valence-corrected chi connectivity index (χ3v) is 8.53. The number of hydrogen-bond acceptors (Lipinski definition) is 7. The van der Waals surface area contributed by atoms with Gasteiger partial charge in [-0.1, -0.05) is 58.0 Å². The molecule has 1 aliphatic heterocycles. The standard InChI is InChI=1S/C26H40N3O4P/c1-5-15-29(16-6-2)34(31-17-11-14-27)33-24-23-20(4)18-26(24,7-3)32-22(23)19-28-25(30)21-12-9-8-10-13-21/h8-10,12-13,20,22-24H,5-7,11,15-19H2,1-4H3,(H,28,30)/p-1/t20-,22+,23-,24+,26+,34?/m1/s1. The zero-order valence-corrected chi connectivity index (χ0v) is 21.9. The van der Waals surface area contributed by atoms with Crippen LogP contribution in [0.15, 0.2) is 35.3 Å². The van der Waals surface area contributed by atoms with Crippen LogP contribution in [-0.2, 0) is 13.8 Å². The molecule has 1 unspecified atom stereocenters. The lowest BCUT2D eigenvalue weighted by molar-refractivity contribution is -0.213. The first-order valence-electron chi connectivity index (χ1n) is 12.7. The summed E-state index contributed by atoms with van der Waals surface area (Å²) in [6, 6.07) is 11.3. The number of rotatable bonds is 14. The van der Waals surface area contributed by atoms with Gasteiger partial charge < -0.3 is 18.9 Å². The van der Waals surface area contributed by atoms with Crippen LogP contribution in [0.3, 0.4) is 0 Å². The van der Waals surface area contributed by atoms with E-state index < -0.39 is 8.53 Å². The van der Waals surface area contributed by atoms with Gasteiger partial charge in [-0.25, -0.2) is 4.67 Å². The van der Waals surface area contributed by atoms with Crippen molar-refractivity contribution in [3.8, 4) is 6.07 Å². The molecule has 188 valence electrons. The number of aliphatic imine (C=N–C) groups is 1. The molecule has 2 aliphatic rings. The molecule has 34 heavy (non-hydrogen) atoms. The SMILES string of the molecule is CCCN(CCC)P(OCCC#N)O[C@H]1[C@@H]2[C@H](C)C[C@]1(CC)O[C@H]2CN=C([O-])c1ccccc1. The highest BCUT2D eigenvalue weighted by molar-refractivity contribution is 7.44. The van der Waals surface area contributed by atoms with Gasteiger partial charge in [0.05, 0.1) is 37.3 Å². The van der Waals surface area contributed by atoms with Crippen molar-refractivity contribution in [1.29, 1.82) is 5.26 Å². The second-order valence-electron chi connectivity index (χ2n) is 9.30. The molecule has 7 nitrogen and oxygen atoms in total. The highest BCUT2D eigenvalue weighted by Crippen LogP contribution is 2.59. The summed E-state index contributed by atoms with van der Waals surface area (Å²) in [5.74, 6) is 0.358. The van der Waals surface area contributed by atoms with Gasteiger partial charge in [-0.05, 0) is 43.1 Å². The Morgan fingerprint density at radius 3 is 2.59 bits per heavy atom. The zero-order chi connectivity index (χ0) is 24.6. The summed E-state index contributed by atoms with van der Waals surface area (Å²) in [7, 11) is -1.30. The lowest BCUT2D eigenvalue weighted by Crippen LogP contribution is -2.39. The molecular formula is C26H39N3O4P-. The van der Waals surface area contributed by atoms with E-state index in [0.717, 1.165) is 38.8 Å². The van der Waals surface area contributed by atoms with Crippen LogP contribution in [0.2, 0.25) is 0 Å². The lowest BCUT2D eigenvalue weighted by atomic mass is 9.91. The van der Waals surface area contributed by atoms with Gasteiger partial charge in [0.15, 0.2) is 0 Å². The van der Waals surface area contributed by atoms with Crippen LogP contribution < -0.4 is 5.11 Å². The maximum absolute atomic E-state index is 12.6. The second-order valence-corrected chi connectivity index (χ2v) is 10.8. The molecule has 8 heteroatoms. The molecule has 1 aliphatic carbocycles. The van der Waals surface area contributed by atoms with Crippen molar-refractivity contribution in [2.45, 2.75) is 77.6 Å². The lowest BCUT2D eigenvalue weighted by Gasteiger charge is -2.35. The minimum absolute atomic E-state index is 0.107. The quantitative estimate of drug-likeness (QED) is 0.164. The van der Waals surface area contributed by atoms with Gasteiger partial charge in [-0.2, -0.15) is 5.26 Å². The summed E-state index contributed by atoms with van der Waals surface area (Å²) in [5.41, 5.74) is 0.212. The minimum Gasteiger partial charge on any atom is -0.858 e. The maximum atomic E-state index is 12.6. The van der Waals surface area contributed by atoms with Crippen LogP contribution in [0.5, 0.6) is 0 Å². The fraction of sp³-hybridized carbons (Fsp3) is 0.692. The molecule has 1 heterocycles. The van der Waals surface area contributed by atoms with Crippen molar-refractivity contribution < 1.29 is 18.9 Å². The summed E-state index contributed by atoms with van der Waals surface area (Å²) < 4.78 is 21.9. The Bertz CT molecular complexity index is 827. The monoisotopic (exact) mass is 488 g/mol. The fourth-order valence-corrected chi connectivity index (χ4v) is 7.20. The topological polar surface area (TPSA) is 90.1 Å². The summed E-state index contributed by atoms with van der Waals surface area (Å²) in [4.78, 5) is 4.37. The maximum Gasteiger partial charge on any atom is 0.259 e. The largest absolute Gasteiger partial charge is 0.858 e. The zero-order valence-electron chi connectivity index (χ0n) is 21.0. The number of fused-ring (bicyclic) bond motifs is 2. The summed E-state index contributed by atoms with van der Waals surface area (Å²) >= 11 is 0. The Morgan fingerprint density at radius 1 is 1.26 bits per heavy atom. The van der Waals surface area contributed by atoms with Crippen LogP contribution in [0.4, 0.5) is 0 Å². The first-order chi connectivity index (χ1) is 16.5. The van der Waals surface area contributed by atoms with E-state index in [9.17, 15) is 5.11 Å². The van der Waals surface area contributed by atoms with Gasteiger partial charge in [-0.15, -0.1) is 0 Å². The molecule has 0 radical (unpaired) electrons. The van der Waals surface area contributed by atoms with E-state index in [2.05, 4.69) is 43.4 Å². The molecule has 1 saturated heterocycles. The Hall–Kier alpha value is -1.55. The van der Waals surface area contributed by atoms with Gasteiger partial charge in [0, 0.05) is 19.0 Å². The molecule has 0 amide bonds. The number of nitriles is 1. The Balaban J connectivity index is 1.79. The molecule has 2 fully saturated rings. The second kappa shape index (κ2) is 13.0. The number of nitrogens with zero attached hydrogens (tertiary/aromatic N) is 3. The smallest absolute Gasteiger partial charge is 0.259 e. The average Bonchev–Trinajstić information content (AvgIpc) is 3.30. The van der Waals surface area contributed by atoms with Gasteiger partial charge in [0.25, 0.3) is 8.53 Å². The first-order valence-corrected chi connectivity index (χ1v) is 13.8. The molecule has 1 aromatic rings. The molecule has 3 rings (SSSR count). The van der Waals surface area contributed by atoms with E-state index in [-0.39, 0.29) is 29.6 Å².